The zero-order chi connectivity index (χ0) is 11.4. The number of amides is 1. The first-order chi connectivity index (χ1) is 7.02. The summed E-state index contributed by atoms with van der Waals surface area (Å²) < 4.78 is 0. The van der Waals surface area contributed by atoms with Gasteiger partial charge in [0.1, 0.15) is 0 Å². The van der Waals surface area contributed by atoms with Crippen molar-refractivity contribution in [1.29, 1.82) is 0 Å². The maximum atomic E-state index is 11.7. The second kappa shape index (κ2) is 4.65. The van der Waals surface area contributed by atoms with E-state index in [2.05, 4.69) is 11.2 Å². The van der Waals surface area contributed by atoms with Crippen molar-refractivity contribution in [1.82, 2.24) is 5.32 Å². The quantitative estimate of drug-likeness (QED) is 0.729. The van der Waals surface area contributed by atoms with Gasteiger partial charge < -0.3 is 5.32 Å². The van der Waals surface area contributed by atoms with E-state index in [-0.39, 0.29) is 11.9 Å². The minimum Gasteiger partial charge on any atom is -0.350 e. The molecule has 0 saturated heterocycles. The van der Waals surface area contributed by atoms with Crippen molar-refractivity contribution >= 4 is 5.91 Å². The van der Waals surface area contributed by atoms with E-state index >= 15 is 0 Å². The zero-order valence-corrected chi connectivity index (χ0v) is 9.29. The van der Waals surface area contributed by atoms with Crippen LogP contribution in [0.3, 0.4) is 0 Å². The molecule has 0 radical (unpaired) electrons. The lowest BCUT2D eigenvalue weighted by atomic mass is 10.1. The Morgan fingerprint density at radius 3 is 2.60 bits per heavy atom. The summed E-state index contributed by atoms with van der Waals surface area (Å²) in [5, 5.41) is 2.83. The fourth-order valence-electron chi connectivity index (χ4n) is 1.34. The molecule has 0 unspecified atom stereocenters. The minimum absolute atomic E-state index is 0.0785. The first-order valence-corrected chi connectivity index (χ1v) is 4.92. The van der Waals surface area contributed by atoms with Crippen LogP contribution in [-0.4, -0.2) is 11.9 Å². The molecule has 0 aliphatic heterocycles. The van der Waals surface area contributed by atoms with E-state index in [1.165, 1.54) is 0 Å². The Morgan fingerprint density at radius 1 is 1.40 bits per heavy atom. The summed E-state index contributed by atoms with van der Waals surface area (Å²) in [4.78, 5) is 11.7. The standard InChI is InChI=1S/C13H15NO/c1-5-11-6-10(4)7-12(8-11)13(15)14-9(2)3/h1,6-9H,2-4H3,(H,14,15). The second-order valence-corrected chi connectivity index (χ2v) is 3.86. The van der Waals surface area contributed by atoms with Gasteiger partial charge in [-0.15, -0.1) is 6.42 Å². The molecule has 78 valence electrons. The lowest BCUT2D eigenvalue weighted by Gasteiger charge is -2.09. The predicted octanol–water partition coefficient (Wildman–Crippen LogP) is 2.11. The molecule has 0 heterocycles. The number of nitrogens with one attached hydrogen (secondary N) is 1. The summed E-state index contributed by atoms with van der Waals surface area (Å²) in [6.45, 7) is 5.78. The lowest BCUT2D eigenvalue weighted by Crippen LogP contribution is -2.30. The smallest absolute Gasteiger partial charge is 0.251 e. The van der Waals surface area contributed by atoms with Crippen molar-refractivity contribution in [3.63, 3.8) is 0 Å². The Kier molecular flexibility index (Phi) is 3.51. The molecule has 15 heavy (non-hydrogen) atoms. The SMILES string of the molecule is C#Cc1cc(C)cc(C(=O)NC(C)C)c1. The van der Waals surface area contributed by atoms with Gasteiger partial charge in [-0.2, -0.15) is 0 Å². The molecule has 0 aromatic heterocycles. The lowest BCUT2D eigenvalue weighted by molar-refractivity contribution is 0.0943. The van der Waals surface area contributed by atoms with Crippen LogP contribution in [0.15, 0.2) is 18.2 Å². The molecule has 2 heteroatoms. The number of hydrogen-bond donors (Lipinski definition) is 1. The molecule has 1 amide bonds. The molecule has 0 aliphatic carbocycles. The average molecular weight is 201 g/mol. The van der Waals surface area contributed by atoms with Crippen molar-refractivity contribution in [2.24, 2.45) is 0 Å². The molecule has 2 nitrogen and oxygen atoms in total. The number of rotatable bonds is 2. The Bertz CT molecular complexity index is 413. The van der Waals surface area contributed by atoms with E-state index in [9.17, 15) is 4.79 Å². The Morgan fingerprint density at radius 2 is 2.07 bits per heavy atom. The first-order valence-electron chi connectivity index (χ1n) is 4.92. The maximum absolute atomic E-state index is 11.7. The maximum Gasteiger partial charge on any atom is 0.251 e. The first kappa shape index (κ1) is 11.3. The molecule has 1 aromatic rings. The number of hydrogen-bond acceptors (Lipinski definition) is 1. The van der Waals surface area contributed by atoms with Gasteiger partial charge in [-0.3, -0.25) is 4.79 Å². The van der Waals surface area contributed by atoms with Crippen LogP contribution in [0.5, 0.6) is 0 Å². The monoisotopic (exact) mass is 201 g/mol. The summed E-state index contributed by atoms with van der Waals surface area (Å²) in [5.41, 5.74) is 2.36. The predicted molar refractivity (Wildman–Crippen MR) is 61.7 cm³/mol. The third kappa shape index (κ3) is 3.14. The Labute approximate surface area is 90.7 Å². The minimum atomic E-state index is -0.0785. The molecule has 0 atom stereocenters. The number of aryl methyl sites for hydroxylation is 1. The van der Waals surface area contributed by atoms with E-state index in [0.29, 0.717) is 5.56 Å². The molecular weight excluding hydrogens is 186 g/mol. The van der Waals surface area contributed by atoms with Crippen LogP contribution in [-0.2, 0) is 0 Å². The highest BCUT2D eigenvalue weighted by Crippen LogP contribution is 2.09. The van der Waals surface area contributed by atoms with Gasteiger partial charge in [-0.05, 0) is 44.5 Å². The van der Waals surface area contributed by atoms with E-state index in [0.717, 1.165) is 11.1 Å². The summed E-state index contributed by atoms with van der Waals surface area (Å²) >= 11 is 0. The highest BCUT2D eigenvalue weighted by atomic mass is 16.1. The Balaban J connectivity index is 3.00. The van der Waals surface area contributed by atoms with Crippen LogP contribution in [0.2, 0.25) is 0 Å². The van der Waals surface area contributed by atoms with Crippen molar-refractivity contribution in [2.75, 3.05) is 0 Å². The van der Waals surface area contributed by atoms with Crippen LogP contribution in [0.1, 0.15) is 35.3 Å². The fraction of sp³-hybridized carbons (Fsp3) is 0.308. The topological polar surface area (TPSA) is 29.1 Å². The van der Waals surface area contributed by atoms with Gasteiger partial charge in [-0.1, -0.05) is 5.92 Å². The molecular formula is C13H15NO. The Hall–Kier alpha value is -1.75. The molecule has 1 aromatic carbocycles. The van der Waals surface area contributed by atoms with Gasteiger partial charge in [0.15, 0.2) is 0 Å². The summed E-state index contributed by atoms with van der Waals surface area (Å²) in [7, 11) is 0. The summed E-state index contributed by atoms with van der Waals surface area (Å²) in [5.74, 6) is 2.46. The highest BCUT2D eigenvalue weighted by Gasteiger charge is 2.07. The molecule has 0 bridgehead atoms. The second-order valence-electron chi connectivity index (χ2n) is 3.86. The van der Waals surface area contributed by atoms with Crippen molar-refractivity contribution in [2.45, 2.75) is 26.8 Å². The highest BCUT2D eigenvalue weighted by molar-refractivity contribution is 5.94. The van der Waals surface area contributed by atoms with Gasteiger partial charge in [0.2, 0.25) is 0 Å². The zero-order valence-electron chi connectivity index (χ0n) is 9.29. The third-order valence-corrected chi connectivity index (χ3v) is 1.93. The number of terminal acetylenes is 1. The van der Waals surface area contributed by atoms with Crippen LogP contribution in [0.4, 0.5) is 0 Å². The molecule has 0 spiro atoms. The van der Waals surface area contributed by atoms with E-state index in [4.69, 9.17) is 6.42 Å². The normalized spacial score (nSPS) is 9.80. The number of benzene rings is 1. The van der Waals surface area contributed by atoms with Gasteiger partial charge in [0.25, 0.3) is 5.91 Å². The third-order valence-electron chi connectivity index (χ3n) is 1.93. The van der Waals surface area contributed by atoms with Gasteiger partial charge >= 0.3 is 0 Å². The molecule has 1 rings (SSSR count). The summed E-state index contributed by atoms with van der Waals surface area (Å²) in [6.07, 6.45) is 5.31. The van der Waals surface area contributed by atoms with Crippen molar-refractivity contribution < 1.29 is 4.79 Å². The van der Waals surface area contributed by atoms with Gasteiger partial charge in [0, 0.05) is 17.2 Å². The van der Waals surface area contributed by atoms with Crippen molar-refractivity contribution in [3.8, 4) is 12.3 Å². The van der Waals surface area contributed by atoms with Gasteiger partial charge in [0.05, 0.1) is 0 Å². The number of carbonyl (C=O) groups excluding carboxylic acids is 1. The van der Waals surface area contributed by atoms with Crippen LogP contribution >= 0.6 is 0 Å². The molecule has 0 saturated carbocycles. The van der Waals surface area contributed by atoms with E-state index in [1.807, 2.05) is 32.9 Å². The average Bonchev–Trinajstić information content (AvgIpc) is 2.15. The molecule has 0 fully saturated rings. The largest absolute Gasteiger partial charge is 0.350 e. The van der Waals surface area contributed by atoms with E-state index < -0.39 is 0 Å². The van der Waals surface area contributed by atoms with Crippen molar-refractivity contribution in [3.05, 3.63) is 34.9 Å². The van der Waals surface area contributed by atoms with E-state index in [1.54, 1.807) is 6.07 Å². The molecule has 1 N–H and O–H groups in total. The van der Waals surface area contributed by atoms with Crippen LogP contribution in [0, 0.1) is 19.3 Å². The van der Waals surface area contributed by atoms with Gasteiger partial charge in [-0.25, -0.2) is 0 Å². The summed E-state index contributed by atoms with van der Waals surface area (Å²) in [6, 6.07) is 5.57. The molecule has 0 aliphatic rings. The fourth-order valence-corrected chi connectivity index (χ4v) is 1.34. The number of carbonyl (C=O) groups is 1. The van der Waals surface area contributed by atoms with Crippen LogP contribution in [0.25, 0.3) is 0 Å². The van der Waals surface area contributed by atoms with Crippen LogP contribution < -0.4 is 5.32 Å².